The zero-order chi connectivity index (χ0) is 19.9. The molecule has 0 aliphatic rings. The van der Waals surface area contributed by atoms with Crippen LogP contribution in [0.1, 0.15) is 16.8 Å². The number of aromatic hydroxyl groups is 1. The van der Waals surface area contributed by atoms with E-state index in [9.17, 15) is 23.1 Å². The molecule has 2 aromatic rings. The van der Waals surface area contributed by atoms with E-state index in [1.54, 1.807) is 23.6 Å². The molecule has 2 rings (SSSR count). The smallest absolute Gasteiger partial charge is 0.252 e. The first-order valence-electron chi connectivity index (χ1n) is 8.14. The van der Waals surface area contributed by atoms with Crippen molar-refractivity contribution in [3.8, 4) is 5.75 Å². The molecule has 0 saturated carbocycles. The van der Waals surface area contributed by atoms with Gasteiger partial charge in [-0.15, -0.1) is 11.3 Å². The molecule has 2 amide bonds. The van der Waals surface area contributed by atoms with Crippen molar-refractivity contribution in [3.05, 3.63) is 47.3 Å². The minimum Gasteiger partial charge on any atom is -0.508 e. The lowest BCUT2D eigenvalue weighted by atomic mass is 10.2. The third kappa shape index (κ3) is 6.05. The van der Waals surface area contributed by atoms with Crippen molar-refractivity contribution in [2.45, 2.75) is 10.6 Å². The quantitative estimate of drug-likeness (QED) is 0.533. The number of rotatable bonds is 9. The highest BCUT2D eigenvalue weighted by Crippen LogP contribution is 2.19. The number of amides is 2. The van der Waals surface area contributed by atoms with E-state index in [1.165, 1.54) is 25.2 Å². The van der Waals surface area contributed by atoms with Crippen LogP contribution in [0.5, 0.6) is 5.75 Å². The average Bonchev–Trinajstić information content (AvgIpc) is 3.16. The summed E-state index contributed by atoms with van der Waals surface area (Å²) in [5, 5.41) is 16.3. The Hall–Kier alpha value is -2.43. The SMILES string of the molecule is CN(CC(=O)NCCCNC(=O)c1cccc(O)c1)S(=O)(=O)c1cccs1. The number of nitrogens with zero attached hydrogens (tertiary/aromatic N) is 1. The Morgan fingerprint density at radius 1 is 1.15 bits per heavy atom. The molecule has 0 unspecified atom stereocenters. The minimum atomic E-state index is -3.66. The summed E-state index contributed by atoms with van der Waals surface area (Å²) in [4.78, 5) is 23.8. The molecule has 0 spiro atoms. The molecule has 3 N–H and O–H groups in total. The molecule has 146 valence electrons. The number of hydrogen-bond acceptors (Lipinski definition) is 6. The third-order valence-electron chi connectivity index (χ3n) is 3.60. The highest BCUT2D eigenvalue weighted by molar-refractivity contribution is 7.91. The Labute approximate surface area is 161 Å². The fourth-order valence-corrected chi connectivity index (χ4v) is 4.50. The molecule has 10 heteroatoms. The van der Waals surface area contributed by atoms with Gasteiger partial charge in [-0.3, -0.25) is 9.59 Å². The lowest BCUT2D eigenvalue weighted by Crippen LogP contribution is -2.39. The number of carbonyl (C=O) groups excluding carboxylic acids is 2. The van der Waals surface area contributed by atoms with E-state index in [0.717, 1.165) is 15.6 Å². The van der Waals surface area contributed by atoms with E-state index < -0.39 is 15.9 Å². The van der Waals surface area contributed by atoms with Gasteiger partial charge in [-0.25, -0.2) is 8.42 Å². The lowest BCUT2D eigenvalue weighted by molar-refractivity contribution is -0.121. The molecule has 1 aromatic carbocycles. The minimum absolute atomic E-state index is 0.0107. The normalized spacial score (nSPS) is 11.3. The van der Waals surface area contributed by atoms with Crippen molar-refractivity contribution >= 4 is 33.2 Å². The van der Waals surface area contributed by atoms with Crippen LogP contribution in [0.2, 0.25) is 0 Å². The Kier molecular flexibility index (Phi) is 7.34. The van der Waals surface area contributed by atoms with Gasteiger partial charge >= 0.3 is 0 Å². The van der Waals surface area contributed by atoms with Crippen LogP contribution in [0.15, 0.2) is 46.0 Å². The largest absolute Gasteiger partial charge is 0.508 e. The average molecular weight is 412 g/mol. The molecule has 8 nitrogen and oxygen atoms in total. The van der Waals surface area contributed by atoms with Crippen molar-refractivity contribution in [3.63, 3.8) is 0 Å². The molecule has 1 aromatic heterocycles. The van der Waals surface area contributed by atoms with E-state index in [1.807, 2.05) is 0 Å². The van der Waals surface area contributed by atoms with Gasteiger partial charge in [-0.1, -0.05) is 12.1 Å². The van der Waals surface area contributed by atoms with E-state index >= 15 is 0 Å². The number of phenolic OH excluding ortho intramolecular Hbond substituents is 1. The van der Waals surface area contributed by atoms with Crippen LogP contribution in [0.3, 0.4) is 0 Å². The summed E-state index contributed by atoms with van der Waals surface area (Å²) in [6.07, 6.45) is 0.484. The summed E-state index contributed by atoms with van der Waals surface area (Å²) in [5.41, 5.74) is 0.347. The summed E-state index contributed by atoms with van der Waals surface area (Å²) in [7, 11) is -2.31. The van der Waals surface area contributed by atoms with E-state index in [4.69, 9.17) is 0 Å². The second-order valence-electron chi connectivity index (χ2n) is 5.70. The number of sulfonamides is 1. The lowest BCUT2D eigenvalue weighted by Gasteiger charge is -2.15. The number of carbonyl (C=O) groups is 2. The van der Waals surface area contributed by atoms with Gasteiger partial charge in [0.25, 0.3) is 15.9 Å². The molecule has 0 fully saturated rings. The van der Waals surface area contributed by atoms with Gasteiger partial charge in [-0.2, -0.15) is 4.31 Å². The van der Waals surface area contributed by atoms with Crippen molar-refractivity contribution in [2.75, 3.05) is 26.7 Å². The van der Waals surface area contributed by atoms with Crippen LogP contribution in [0.25, 0.3) is 0 Å². The van der Waals surface area contributed by atoms with Crippen molar-refractivity contribution in [1.29, 1.82) is 0 Å². The Bertz CT molecular complexity index is 882. The number of nitrogens with one attached hydrogen (secondary N) is 2. The number of phenols is 1. The Morgan fingerprint density at radius 3 is 2.56 bits per heavy atom. The van der Waals surface area contributed by atoms with Gasteiger partial charge in [0.05, 0.1) is 6.54 Å². The molecule has 0 aliphatic carbocycles. The zero-order valence-electron chi connectivity index (χ0n) is 14.7. The van der Waals surface area contributed by atoms with E-state index in [2.05, 4.69) is 10.6 Å². The second kappa shape index (κ2) is 9.49. The molecule has 0 saturated heterocycles. The molecular weight excluding hydrogens is 390 g/mol. The summed E-state index contributed by atoms with van der Waals surface area (Å²) in [6, 6.07) is 9.12. The Balaban J connectivity index is 1.68. The summed E-state index contributed by atoms with van der Waals surface area (Å²) >= 11 is 1.09. The molecule has 1 heterocycles. The molecule has 27 heavy (non-hydrogen) atoms. The highest BCUT2D eigenvalue weighted by Gasteiger charge is 2.23. The predicted molar refractivity (Wildman–Crippen MR) is 102 cm³/mol. The van der Waals surface area contributed by atoms with Crippen molar-refractivity contribution in [2.24, 2.45) is 0 Å². The second-order valence-corrected chi connectivity index (χ2v) is 8.92. The molecule has 0 bridgehead atoms. The zero-order valence-corrected chi connectivity index (χ0v) is 16.3. The first-order valence-corrected chi connectivity index (χ1v) is 10.5. The number of benzene rings is 1. The van der Waals surface area contributed by atoms with Gasteiger partial charge < -0.3 is 15.7 Å². The molecule has 0 atom stereocenters. The predicted octanol–water partition coefficient (Wildman–Crippen LogP) is 1.01. The maximum atomic E-state index is 12.2. The number of thiophene rings is 1. The summed E-state index contributed by atoms with van der Waals surface area (Å²) in [6.45, 7) is 0.347. The standard InChI is InChI=1S/C17H21N3O5S2/c1-20(27(24,25)16-7-3-10-26-16)12-15(22)18-8-4-9-19-17(23)13-5-2-6-14(21)11-13/h2-3,5-7,10-11,21H,4,8-9,12H2,1H3,(H,18,22)(H,19,23). The van der Waals surface area contributed by atoms with Gasteiger partial charge in [0.15, 0.2) is 0 Å². The van der Waals surface area contributed by atoms with Crippen LogP contribution in [-0.2, 0) is 14.8 Å². The topological polar surface area (TPSA) is 116 Å². The fraction of sp³-hybridized carbons (Fsp3) is 0.294. The van der Waals surface area contributed by atoms with Crippen LogP contribution >= 0.6 is 11.3 Å². The van der Waals surface area contributed by atoms with Gasteiger partial charge in [-0.05, 0) is 36.1 Å². The first-order chi connectivity index (χ1) is 12.8. The fourth-order valence-electron chi connectivity index (χ4n) is 2.17. The monoisotopic (exact) mass is 411 g/mol. The Morgan fingerprint density at radius 2 is 1.89 bits per heavy atom. The maximum absolute atomic E-state index is 12.2. The van der Waals surface area contributed by atoms with Crippen molar-refractivity contribution < 1.29 is 23.1 Å². The van der Waals surface area contributed by atoms with Crippen LogP contribution in [-0.4, -0.2) is 56.3 Å². The third-order valence-corrected chi connectivity index (χ3v) is 6.77. The van der Waals surface area contributed by atoms with Crippen LogP contribution < -0.4 is 10.6 Å². The van der Waals surface area contributed by atoms with Gasteiger partial charge in [0, 0.05) is 25.7 Å². The number of hydrogen-bond donors (Lipinski definition) is 3. The van der Waals surface area contributed by atoms with Gasteiger partial charge in [0.2, 0.25) is 5.91 Å². The first kappa shape index (κ1) is 20.9. The molecular formula is C17H21N3O5S2. The highest BCUT2D eigenvalue weighted by atomic mass is 32.2. The molecule has 0 aliphatic heterocycles. The number of likely N-dealkylation sites (N-methyl/N-ethyl adjacent to an activating group) is 1. The van der Waals surface area contributed by atoms with E-state index in [-0.39, 0.29) is 22.4 Å². The van der Waals surface area contributed by atoms with Gasteiger partial charge in [0.1, 0.15) is 9.96 Å². The molecule has 0 radical (unpaired) electrons. The van der Waals surface area contributed by atoms with Crippen LogP contribution in [0.4, 0.5) is 0 Å². The van der Waals surface area contributed by atoms with E-state index in [0.29, 0.717) is 25.1 Å². The maximum Gasteiger partial charge on any atom is 0.252 e. The van der Waals surface area contributed by atoms with Crippen LogP contribution in [0, 0.1) is 0 Å². The van der Waals surface area contributed by atoms with Crippen molar-refractivity contribution in [1.82, 2.24) is 14.9 Å². The summed E-state index contributed by atoms with van der Waals surface area (Å²) in [5.74, 6) is -0.729. The summed E-state index contributed by atoms with van der Waals surface area (Å²) < 4.78 is 25.6.